The predicted molar refractivity (Wildman–Crippen MR) is 125 cm³/mol. The molecule has 186 valence electrons. The van der Waals surface area contributed by atoms with Gasteiger partial charge in [-0.05, 0) is 31.6 Å². The van der Waals surface area contributed by atoms with Gasteiger partial charge in [0.15, 0.2) is 12.2 Å². The van der Waals surface area contributed by atoms with E-state index in [4.69, 9.17) is 11.1 Å². The third-order valence-corrected chi connectivity index (χ3v) is 7.06. The van der Waals surface area contributed by atoms with Crippen molar-refractivity contribution in [3.8, 4) is 0 Å². The van der Waals surface area contributed by atoms with E-state index in [0.717, 1.165) is 24.8 Å². The average molecular weight is 465 g/mol. The van der Waals surface area contributed by atoms with Gasteiger partial charge in [-0.2, -0.15) is 0 Å². The first-order chi connectivity index (χ1) is 15.8. The first kappa shape index (κ1) is 25.5. The molecule has 2 amide bonds. The lowest BCUT2D eigenvalue weighted by Gasteiger charge is -2.32. The molecule has 1 saturated heterocycles. The number of nitrogens with two attached hydrogens (primary N) is 1. The fourth-order valence-corrected chi connectivity index (χ4v) is 5.22. The number of carbonyl (C=O) groups excluding carboxylic acids is 2. The summed E-state index contributed by atoms with van der Waals surface area (Å²) in [7, 11) is 0. The number of carbonyl (C=O) groups is 2. The Kier molecular flexibility index (Phi) is 9.52. The second kappa shape index (κ2) is 12.3. The van der Waals surface area contributed by atoms with Crippen molar-refractivity contribution >= 4 is 17.8 Å². The van der Waals surface area contributed by atoms with Crippen LogP contribution in [0.1, 0.15) is 57.8 Å². The summed E-state index contributed by atoms with van der Waals surface area (Å²) in [5.41, 5.74) is 6.66. The highest BCUT2D eigenvalue weighted by Crippen LogP contribution is 2.29. The molecule has 0 bridgehead atoms. The SMILES string of the molecule is N=C(N)N1CC=C(CCNC(=O)[C@@H]2CCCN2C(=O)[C@@H](CC2CCCCC2)NCC(O)O)C1. The number of aliphatic hydroxyl groups excluding tert-OH is 1. The number of likely N-dealkylation sites (tertiary alicyclic amines) is 1. The van der Waals surface area contributed by atoms with E-state index in [2.05, 4.69) is 10.6 Å². The molecule has 0 aromatic heterocycles. The number of guanidine groups is 1. The minimum Gasteiger partial charge on any atom is -0.370 e. The van der Waals surface area contributed by atoms with Crippen molar-refractivity contribution in [3.63, 3.8) is 0 Å². The second-order valence-electron chi connectivity index (χ2n) is 9.54. The zero-order valence-corrected chi connectivity index (χ0v) is 19.5. The van der Waals surface area contributed by atoms with Crippen LogP contribution in [0.2, 0.25) is 0 Å². The molecule has 2 fully saturated rings. The third-order valence-electron chi connectivity index (χ3n) is 7.06. The number of nitrogens with one attached hydrogen (secondary N) is 3. The van der Waals surface area contributed by atoms with Crippen molar-refractivity contribution in [1.29, 1.82) is 5.41 Å². The Morgan fingerprint density at radius 2 is 1.94 bits per heavy atom. The Labute approximate surface area is 196 Å². The summed E-state index contributed by atoms with van der Waals surface area (Å²) in [5, 5.41) is 32.1. The quantitative estimate of drug-likeness (QED) is 0.114. The van der Waals surface area contributed by atoms with Gasteiger partial charge in [0.25, 0.3) is 0 Å². The lowest BCUT2D eigenvalue weighted by molar-refractivity contribution is -0.140. The maximum absolute atomic E-state index is 13.4. The molecule has 3 aliphatic rings. The Balaban J connectivity index is 1.52. The Hall–Kier alpha value is -2.17. The van der Waals surface area contributed by atoms with Crippen molar-refractivity contribution in [2.75, 3.05) is 32.7 Å². The molecule has 10 nitrogen and oxygen atoms in total. The predicted octanol–water partition coefficient (Wildman–Crippen LogP) is -0.142. The van der Waals surface area contributed by atoms with E-state index in [9.17, 15) is 19.8 Å². The molecule has 1 saturated carbocycles. The van der Waals surface area contributed by atoms with Crippen LogP contribution in [0.5, 0.6) is 0 Å². The maximum atomic E-state index is 13.4. The van der Waals surface area contributed by atoms with Gasteiger partial charge in [0.05, 0.1) is 6.04 Å². The number of hydrogen-bond acceptors (Lipinski definition) is 6. The van der Waals surface area contributed by atoms with E-state index in [0.29, 0.717) is 51.4 Å². The van der Waals surface area contributed by atoms with Crippen LogP contribution in [-0.4, -0.2) is 88.9 Å². The highest BCUT2D eigenvalue weighted by Gasteiger charge is 2.37. The first-order valence-corrected chi connectivity index (χ1v) is 12.3. The smallest absolute Gasteiger partial charge is 0.242 e. The van der Waals surface area contributed by atoms with E-state index in [1.165, 1.54) is 19.3 Å². The van der Waals surface area contributed by atoms with Crippen LogP contribution in [0.25, 0.3) is 0 Å². The monoisotopic (exact) mass is 464 g/mol. The van der Waals surface area contributed by atoms with Gasteiger partial charge in [-0.1, -0.05) is 43.8 Å². The summed E-state index contributed by atoms with van der Waals surface area (Å²) in [4.78, 5) is 29.7. The zero-order chi connectivity index (χ0) is 23.8. The Morgan fingerprint density at radius 1 is 1.18 bits per heavy atom. The van der Waals surface area contributed by atoms with Crippen LogP contribution in [0.15, 0.2) is 11.6 Å². The van der Waals surface area contributed by atoms with Gasteiger partial charge in [-0.25, -0.2) is 0 Å². The molecule has 0 spiro atoms. The Bertz CT molecular complexity index is 722. The first-order valence-electron chi connectivity index (χ1n) is 12.3. The number of aliphatic hydroxyl groups is 2. The molecule has 1 aliphatic carbocycles. The maximum Gasteiger partial charge on any atom is 0.242 e. The zero-order valence-electron chi connectivity index (χ0n) is 19.5. The van der Waals surface area contributed by atoms with E-state index in [1.54, 1.807) is 9.80 Å². The fraction of sp³-hybridized carbons (Fsp3) is 0.783. The third kappa shape index (κ3) is 7.41. The van der Waals surface area contributed by atoms with Crippen molar-refractivity contribution in [1.82, 2.24) is 20.4 Å². The van der Waals surface area contributed by atoms with Crippen molar-refractivity contribution < 1.29 is 19.8 Å². The summed E-state index contributed by atoms with van der Waals surface area (Å²) >= 11 is 0. The molecule has 0 aromatic rings. The van der Waals surface area contributed by atoms with E-state index >= 15 is 0 Å². The molecule has 0 radical (unpaired) electrons. The summed E-state index contributed by atoms with van der Waals surface area (Å²) in [6, 6.07) is -0.997. The average Bonchev–Trinajstić information content (AvgIpc) is 3.46. The van der Waals surface area contributed by atoms with E-state index in [1.807, 2.05) is 6.08 Å². The molecule has 0 aromatic carbocycles. The molecule has 7 N–H and O–H groups in total. The molecule has 2 atom stereocenters. The van der Waals surface area contributed by atoms with Gasteiger partial charge in [-0.15, -0.1) is 0 Å². The van der Waals surface area contributed by atoms with Crippen LogP contribution in [0.3, 0.4) is 0 Å². The number of hydrogen-bond donors (Lipinski definition) is 6. The van der Waals surface area contributed by atoms with Crippen LogP contribution in [0.4, 0.5) is 0 Å². The van der Waals surface area contributed by atoms with Crippen LogP contribution in [-0.2, 0) is 9.59 Å². The largest absolute Gasteiger partial charge is 0.370 e. The van der Waals surface area contributed by atoms with Gasteiger partial charge < -0.3 is 36.4 Å². The van der Waals surface area contributed by atoms with Gasteiger partial charge in [0.1, 0.15) is 6.04 Å². The number of rotatable bonds is 10. The minimum atomic E-state index is -1.52. The summed E-state index contributed by atoms with van der Waals surface area (Å²) in [6.45, 7) is 2.20. The number of amides is 2. The second-order valence-corrected chi connectivity index (χ2v) is 9.54. The summed E-state index contributed by atoms with van der Waals surface area (Å²) < 4.78 is 0. The summed E-state index contributed by atoms with van der Waals surface area (Å²) in [5.74, 6) is 0.242. The highest BCUT2D eigenvalue weighted by atomic mass is 16.5. The van der Waals surface area contributed by atoms with Crippen LogP contribution < -0.4 is 16.4 Å². The standard InChI is InChI=1S/C23H40N6O4/c24-23(25)28-12-9-17(15-28)8-10-26-21(32)19-7-4-11-29(19)22(33)18(27-14-20(30)31)13-16-5-2-1-3-6-16/h9,16,18-20,27,30-31H,1-8,10-15H2,(H3,24,25)(H,26,32)/t18-,19+/m1/s1. The lowest BCUT2D eigenvalue weighted by Crippen LogP contribution is -2.54. The minimum absolute atomic E-state index is 0.0514. The van der Waals surface area contributed by atoms with Crippen molar-refractivity contribution in [2.24, 2.45) is 11.7 Å². The van der Waals surface area contributed by atoms with E-state index < -0.39 is 18.4 Å². The van der Waals surface area contributed by atoms with E-state index in [-0.39, 0.29) is 24.3 Å². The molecule has 0 unspecified atom stereocenters. The molecule has 3 rings (SSSR count). The van der Waals surface area contributed by atoms with Crippen LogP contribution >= 0.6 is 0 Å². The van der Waals surface area contributed by atoms with Gasteiger partial charge >= 0.3 is 0 Å². The normalized spacial score (nSPS) is 22.5. The molecule has 33 heavy (non-hydrogen) atoms. The van der Waals surface area contributed by atoms with Crippen molar-refractivity contribution in [3.05, 3.63) is 11.6 Å². The van der Waals surface area contributed by atoms with Crippen LogP contribution in [0, 0.1) is 11.3 Å². The Morgan fingerprint density at radius 3 is 2.61 bits per heavy atom. The molecule has 10 heteroatoms. The van der Waals surface area contributed by atoms with Crippen molar-refractivity contribution in [2.45, 2.75) is 76.2 Å². The topological polar surface area (TPSA) is 155 Å². The fourth-order valence-electron chi connectivity index (χ4n) is 5.22. The number of nitrogens with zero attached hydrogens (tertiary/aromatic N) is 2. The van der Waals surface area contributed by atoms with Gasteiger partial charge in [-0.3, -0.25) is 15.0 Å². The molecule has 2 heterocycles. The van der Waals surface area contributed by atoms with Gasteiger partial charge in [0.2, 0.25) is 11.8 Å². The summed E-state index contributed by atoms with van der Waals surface area (Å²) in [6.07, 6.45) is 9.04. The molecular formula is C23H40N6O4. The van der Waals surface area contributed by atoms with Gasteiger partial charge in [0, 0.05) is 32.7 Å². The molecular weight excluding hydrogens is 424 g/mol. The highest BCUT2D eigenvalue weighted by molar-refractivity contribution is 5.90. The lowest BCUT2D eigenvalue weighted by atomic mass is 9.84. The molecule has 2 aliphatic heterocycles.